The molecule has 3 heterocycles. The van der Waals surface area contributed by atoms with Crippen LogP contribution in [0.4, 0.5) is 11.4 Å². The van der Waals surface area contributed by atoms with Gasteiger partial charge in [-0.25, -0.2) is 4.98 Å². The van der Waals surface area contributed by atoms with Gasteiger partial charge in [0.15, 0.2) is 0 Å². The predicted molar refractivity (Wildman–Crippen MR) is 222 cm³/mol. The van der Waals surface area contributed by atoms with Crippen molar-refractivity contribution in [3.8, 4) is 17.3 Å². The molecule has 0 atom stereocenters. The number of allylic oxidation sites excluding steroid dienone is 1. The summed E-state index contributed by atoms with van der Waals surface area (Å²) in [7, 11) is 0. The Bertz CT molecular complexity index is 2270. The summed E-state index contributed by atoms with van der Waals surface area (Å²) in [5.74, 6) is 3.30. The van der Waals surface area contributed by atoms with E-state index in [1.165, 1.54) is 28.1 Å². The van der Waals surface area contributed by atoms with Crippen molar-refractivity contribution >= 4 is 33.2 Å². The molecular formula is C48H53N4OPt-3. The molecule has 0 saturated heterocycles. The van der Waals surface area contributed by atoms with Crippen molar-refractivity contribution in [3.63, 3.8) is 0 Å². The van der Waals surface area contributed by atoms with Gasteiger partial charge < -0.3 is 19.1 Å². The van der Waals surface area contributed by atoms with E-state index in [0.717, 1.165) is 46.2 Å². The van der Waals surface area contributed by atoms with Crippen LogP contribution < -0.4 is 14.5 Å². The molecule has 7 rings (SSSR count). The Morgan fingerprint density at radius 3 is 2.07 bits per heavy atom. The number of fused-ring (bicyclic) bond motifs is 3. The van der Waals surface area contributed by atoms with Crippen LogP contribution in [0.15, 0.2) is 103 Å². The summed E-state index contributed by atoms with van der Waals surface area (Å²) in [4.78, 5) is 9.36. The Morgan fingerprint density at radius 2 is 1.41 bits per heavy atom. The van der Waals surface area contributed by atoms with Gasteiger partial charge in [-0.05, 0) is 88.7 Å². The number of anilines is 2. The molecule has 0 bridgehead atoms. The van der Waals surface area contributed by atoms with Gasteiger partial charge in [-0.15, -0.1) is 48.1 Å². The Kier molecular flexibility index (Phi) is 11.2. The molecule has 6 heteroatoms. The average molecular weight is 897 g/mol. The van der Waals surface area contributed by atoms with Crippen molar-refractivity contribution in [2.45, 2.75) is 87.5 Å². The van der Waals surface area contributed by atoms with E-state index in [-0.39, 0.29) is 31.9 Å². The Labute approximate surface area is 337 Å². The third-order valence-electron chi connectivity index (χ3n) is 9.78. The first kappa shape index (κ1) is 39.4. The number of hydrogen-bond acceptors (Lipinski definition) is 4. The largest absolute Gasteiger partial charge is 0.509 e. The molecule has 4 aromatic carbocycles. The summed E-state index contributed by atoms with van der Waals surface area (Å²) in [6.07, 6.45) is 6.26. The third-order valence-corrected chi connectivity index (χ3v) is 9.78. The fraction of sp³-hybridized carbons (Fsp3) is 0.333. The second kappa shape index (κ2) is 15.4. The fourth-order valence-electron chi connectivity index (χ4n) is 7.31. The molecule has 2 aromatic heterocycles. The van der Waals surface area contributed by atoms with E-state index in [1.54, 1.807) is 0 Å². The number of para-hydroxylation sites is 1. The Hall–Kier alpha value is -4.34. The van der Waals surface area contributed by atoms with Crippen LogP contribution in [0.3, 0.4) is 0 Å². The van der Waals surface area contributed by atoms with Crippen LogP contribution in [-0.4, -0.2) is 9.55 Å². The minimum atomic E-state index is -0.0876. The van der Waals surface area contributed by atoms with Gasteiger partial charge in [-0.1, -0.05) is 99.0 Å². The van der Waals surface area contributed by atoms with E-state index in [9.17, 15) is 0 Å². The van der Waals surface area contributed by atoms with E-state index in [0.29, 0.717) is 23.3 Å². The smallest absolute Gasteiger partial charge is 0.135 e. The second-order valence-electron chi connectivity index (χ2n) is 17.5. The van der Waals surface area contributed by atoms with Crippen LogP contribution in [0, 0.1) is 36.1 Å². The van der Waals surface area contributed by atoms with Gasteiger partial charge in [0.05, 0.1) is 0 Å². The number of benzene rings is 4. The molecule has 0 spiro atoms. The quantitative estimate of drug-likeness (QED) is 0.135. The zero-order valence-corrected chi connectivity index (χ0v) is 35.7. The van der Waals surface area contributed by atoms with Crippen molar-refractivity contribution in [3.05, 3.63) is 139 Å². The zero-order chi connectivity index (χ0) is 37.7. The Morgan fingerprint density at radius 1 is 0.722 bits per heavy atom. The number of pyridine rings is 1. The van der Waals surface area contributed by atoms with Crippen LogP contribution in [0.2, 0.25) is 0 Å². The maximum absolute atomic E-state index is 6.54. The third kappa shape index (κ3) is 8.32. The summed E-state index contributed by atoms with van der Waals surface area (Å²) >= 11 is 0. The molecule has 1 aliphatic rings. The molecule has 6 aromatic rings. The SMILES string of the molecule is CC(C)Cc1cc(CC(C)C)cc(N2[CH-]N(c3[c-]c(Oc4[c-]c5c(cc4)c4ccccc4n5-c4cc(C(C)(C)C)ccn4)ccc3)C=C2C(C)(C)C)c1.[Pt]. The molecule has 0 N–H and O–H groups in total. The zero-order valence-electron chi connectivity index (χ0n) is 33.4. The average Bonchev–Trinajstić information content (AvgIpc) is 3.68. The number of rotatable bonds is 9. The van der Waals surface area contributed by atoms with Crippen molar-refractivity contribution in [1.29, 1.82) is 0 Å². The molecule has 0 aliphatic carbocycles. The minimum absolute atomic E-state index is 0. The number of hydrogen-bond donors (Lipinski definition) is 0. The maximum Gasteiger partial charge on any atom is 0.135 e. The number of ether oxygens (including phenoxy) is 1. The van der Waals surface area contributed by atoms with Crippen LogP contribution in [0.5, 0.6) is 11.5 Å². The van der Waals surface area contributed by atoms with Gasteiger partial charge in [0.25, 0.3) is 0 Å². The summed E-state index contributed by atoms with van der Waals surface area (Å²) in [5, 5.41) is 2.26. The molecule has 284 valence electrons. The summed E-state index contributed by atoms with van der Waals surface area (Å²) in [6.45, 7) is 24.9. The van der Waals surface area contributed by atoms with Crippen LogP contribution >= 0.6 is 0 Å². The van der Waals surface area contributed by atoms with E-state index in [1.807, 2.05) is 24.4 Å². The van der Waals surface area contributed by atoms with Crippen molar-refractivity contribution in [2.75, 3.05) is 9.80 Å². The van der Waals surface area contributed by atoms with Crippen molar-refractivity contribution in [2.24, 2.45) is 17.3 Å². The van der Waals surface area contributed by atoms with Crippen molar-refractivity contribution in [1.82, 2.24) is 9.55 Å². The summed E-state index contributed by atoms with van der Waals surface area (Å²) < 4.78 is 8.74. The van der Waals surface area contributed by atoms with Gasteiger partial charge in [0, 0.05) is 61.1 Å². The number of nitrogens with zero attached hydrogens (tertiary/aromatic N) is 4. The molecule has 54 heavy (non-hydrogen) atoms. The number of aromatic nitrogens is 2. The van der Waals surface area contributed by atoms with Crippen LogP contribution in [0.1, 0.15) is 85.9 Å². The van der Waals surface area contributed by atoms with Gasteiger partial charge >= 0.3 is 0 Å². The summed E-state index contributed by atoms with van der Waals surface area (Å²) in [5.41, 5.74) is 9.27. The standard InChI is InChI=1S/C48H53N4O.Pt/c1-32(2)22-34-24-35(23-33(3)4)26-38(25-34)51-31-50(30-45(51)48(8,9)10)37-14-13-15-39(28-37)53-40-18-19-42-41-16-11-12-17-43(41)52(44(42)29-40)46-27-36(20-21-49-46)47(5,6)7;/h11-21,24-27,30-33H,22-23H2,1-10H3;/q-3;. The van der Waals surface area contributed by atoms with Gasteiger partial charge in [-0.2, -0.15) is 12.1 Å². The predicted octanol–water partition coefficient (Wildman–Crippen LogP) is 12.6. The first-order valence-electron chi connectivity index (χ1n) is 19.0. The van der Waals surface area contributed by atoms with Crippen LogP contribution in [-0.2, 0) is 39.3 Å². The molecule has 5 nitrogen and oxygen atoms in total. The van der Waals surface area contributed by atoms with Gasteiger partial charge in [0.1, 0.15) is 5.82 Å². The first-order chi connectivity index (χ1) is 25.1. The minimum Gasteiger partial charge on any atom is -0.509 e. The van der Waals surface area contributed by atoms with E-state index in [2.05, 4.69) is 175 Å². The molecule has 0 amide bonds. The first-order valence-corrected chi connectivity index (χ1v) is 19.0. The van der Waals surface area contributed by atoms with E-state index < -0.39 is 0 Å². The fourth-order valence-corrected chi connectivity index (χ4v) is 7.31. The maximum atomic E-state index is 6.54. The molecular weight excluding hydrogens is 844 g/mol. The molecule has 1 aliphatic heterocycles. The molecule has 0 saturated carbocycles. The monoisotopic (exact) mass is 896 g/mol. The second-order valence-corrected chi connectivity index (χ2v) is 17.5. The van der Waals surface area contributed by atoms with Gasteiger partial charge in [-0.3, -0.25) is 0 Å². The molecule has 0 unspecified atom stereocenters. The van der Waals surface area contributed by atoms with E-state index in [4.69, 9.17) is 9.72 Å². The summed E-state index contributed by atoms with van der Waals surface area (Å²) in [6, 6.07) is 37.3. The normalized spacial score (nSPS) is 13.7. The van der Waals surface area contributed by atoms with Crippen LogP contribution in [0.25, 0.3) is 27.6 Å². The molecule has 0 radical (unpaired) electrons. The Balaban J connectivity index is 0.00000497. The topological polar surface area (TPSA) is 33.5 Å². The molecule has 0 fully saturated rings. The van der Waals surface area contributed by atoms with Gasteiger partial charge in [0.2, 0.25) is 0 Å². The van der Waals surface area contributed by atoms with E-state index >= 15 is 0 Å². The van der Waals surface area contributed by atoms with Crippen molar-refractivity contribution < 1.29 is 25.8 Å².